The highest BCUT2D eigenvalue weighted by Crippen LogP contribution is 2.18. The molecule has 0 atom stereocenters. The van der Waals surface area contributed by atoms with Crippen LogP contribution in [0.1, 0.15) is 63.0 Å². The van der Waals surface area contributed by atoms with Gasteiger partial charge in [-0.05, 0) is 37.5 Å². The molecule has 6 heteroatoms. The maximum Gasteiger partial charge on any atom is 0.424 e. The van der Waals surface area contributed by atoms with Crippen molar-refractivity contribution in [1.82, 2.24) is 4.31 Å². The monoisotopic (exact) mass is 457 g/mol. The number of amides is 1. The summed E-state index contributed by atoms with van der Waals surface area (Å²) in [6, 6.07) is 15.7. The van der Waals surface area contributed by atoms with E-state index in [9.17, 15) is 13.2 Å². The second-order valence-corrected chi connectivity index (χ2v) is 9.78. The molecule has 2 rings (SSSR count). The zero-order chi connectivity index (χ0) is 23.2. The van der Waals surface area contributed by atoms with Crippen molar-refractivity contribution in [2.45, 2.75) is 70.3 Å². The molecule has 0 aliphatic heterocycles. The Bertz CT molecular complexity index is 938. The number of ether oxygens (including phenoxy) is 1. The summed E-state index contributed by atoms with van der Waals surface area (Å²) in [5.74, 6) is 0. The van der Waals surface area contributed by atoms with Crippen molar-refractivity contribution in [3.05, 3.63) is 77.9 Å². The van der Waals surface area contributed by atoms with Crippen LogP contribution in [0.5, 0.6) is 0 Å². The summed E-state index contributed by atoms with van der Waals surface area (Å²) in [5, 5.41) is 0. The highest BCUT2D eigenvalue weighted by atomic mass is 32.2. The SMILES string of the molecule is CCCCCCCC/C=C/CN(C(=O)OCc1ccccc1)S(=O)(=O)c1ccc(C)cc1. The average molecular weight is 458 g/mol. The predicted octanol–water partition coefficient (Wildman–Crippen LogP) is 6.63. The van der Waals surface area contributed by atoms with Crippen molar-refractivity contribution in [3.63, 3.8) is 0 Å². The fraction of sp³-hybridized carbons (Fsp3) is 0.423. The van der Waals surface area contributed by atoms with Crippen LogP contribution in [0.3, 0.4) is 0 Å². The third-order valence-corrected chi connectivity index (χ3v) is 6.93. The zero-order valence-corrected chi connectivity index (χ0v) is 20.0. The lowest BCUT2D eigenvalue weighted by atomic mass is 10.1. The first-order chi connectivity index (χ1) is 15.4. The van der Waals surface area contributed by atoms with Crippen LogP contribution < -0.4 is 0 Å². The third-order valence-electron chi connectivity index (χ3n) is 5.18. The van der Waals surface area contributed by atoms with Crippen molar-refractivity contribution < 1.29 is 17.9 Å². The standard InChI is InChI=1S/C26H35NO4S/c1-3-4-5-6-7-8-9-10-14-21-27(26(28)31-22-24-15-12-11-13-16-24)32(29,30)25-19-17-23(2)18-20-25/h10-20H,3-9,21-22H2,1-2H3/b14-10+. The number of nitrogens with zero attached hydrogens (tertiary/aromatic N) is 1. The fourth-order valence-corrected chi connectivity index (χ4v) is 4.50. The van der Waals surface area contributed by atoms with Gasteiger partial charge in [0.1, 0.15) is 6.61 Å². The van der Waals surface area contributed by atoms with E-state index in [0.29, 0.717) is 0 Å². The summed E-state index contributed by atoms with van der Waals surface area (Å²) in [5.41, 5.74) is 1.74. The first-order valence-corrected chi connectivity index (χ1v) is 12.8. The number of allylic oxidation sites excluding steroid dienone is 1. The Morgan fingerprint density at radius 2 is 1.56 bits per heavy atom. The van der Waals surface area contributed by atoms with E-state index in [1.54, 1.807) is 18.2 Å². The van der Waals surface area contributed by atoms with Crippen LogP contribution in [0.4, 0.5) is 4.79 Å². The van der Waals surface area contributed by atoms with Gasteiger partial charge in [0.05, 0.1) is 11.4 Å². The van der Waals surface area contributed by atoms with Crippen molar-refractivity contribution in [1.29, 1.82) is 0 Å². The van der Waals surface area contributed by atoms with Crippen molar-refractivity contribution in [3.8, 4) is 0 Å². The first kappa shape index (κ1) is 25.7. The van der Waals surface area contributed by atoms with E-state index in [-0.39, 0.29) is 18.0 Å². The number of carbonyl (C=O) groups excluding carboxylic acids is 1. The smallest absolute Gasteiger partial charge is 0.424 e. The highest BCUT2D eigenvalue weighted by Gasteiger charge is 2.29. The summed E-state index contributed by atoms with van der Waals surface area (Å²) >= 11 is 0. The summed E-state index contributed by atoms with van der Waals surface area (Å²) in [7, 11) is -4.02. The van der Waals surface area contributed by atoms with Gasteiger partial charge in [0.25, 0.3) is 10.0 Å². The van der Waals surface area contributed by atoms with Crippen molar-refractivity contribution >= 4 is 16.1 Å². The maximum atomic E-state index is 13.2. The molecule has 32 heavy (non-hydrogen) atoms. The number of rotatable bonds is 13. The Morgan fingerprint density at radius 1 is 0.906 bits per heavy atom. The summed E-state index contributed by atoms with van der Waals surface area (Å²) < 4.78 is 32.4. The quantitative estimate of drug-likeness (QED) is 0.250. The summed E-state index contributed by atoms with van der Waals surface area (Å²) in [6.07, 6.45) is 10.9. The van der Waals surface area contributed by atoms with Crippen LogP contribution in [0.15, 0.2) is 71.6 Å². The number of sulfonamides is 1. The Hall–Kier alpha value is -2.60. The second-order valence-electron chi connectivity index (χ2n) is 7.92. The van der Waals surface area contributed by atoms with Gasteiger partial charge >= 0.3 is 6.09 Å². The Labute approximate surface area is 193 Å². The van der Waals surface area contributed by atoms with Crippen LogP contribution in [0, 0.1) is 6.92 Å². The van der Waals surface area contributed by atoms with Gasteiger partial charge in [0, 0.05) is 0 Å². The van der Waals surface area contributed by atoms with Gasteiger partial charge in [-0.25, -0.2) is 13.2 Å². The van der Waals surface area contributed by atoms with Crippen molar-refractivity contribution in [2.24, 2.45) is 0 Å². The summed E-state index contributed by atoms with van der Waals surface area (Å²) in [6.45, 7) is 4.04. The second kappa shape index (κ2) is 13.7. The van der Waals surface area contributed by atoms with E-state index in [4.69, 9.17) is 4.74 Å². The van der Waals surface area contributed by atoms with Gasteiger partial charge in [0.2, 0.25) is 0 Å². The molecule has 2 aromatic rings. The minimum atomic E-state index is -4.02. The molecular weight excluding hydrogens is 422 g/mol. The molecule has 2 aromatic carbocycles. The van der Waals surface area contributed by atoms with Crippen LogP contribution in [-0.2, 0) is 21.4 Å². The Balaban J connectivity index is 2.02. The van der Waals surface area contributed by atoms with Crippen molar-refractivity contribution in [2.75, 3.05) is 6.54 Å². The molecule has 174 valence electrons. The molecule has 0 spiro atoms. The molecule has 0 aliphatic rings. The zero-order valence-electron chi connectivity index (χ0n) is 19.2. The minimum absolute atomic E-state index is 0.0149. The van der Waals surface area contributed by atoms with Gasteiger partial charge in [-0.2, -0.15) is 4.31 Å². The van der Waals surface area contributed by atoms with E-state index in [1.807, 2.05) is 43.3 Å². The van der Waals surface area contributed by atoms with Gasteiger partial charge in [-0.15, -0.1) is 0 Å². The van der Waals surface area contributed by atoms with Crippen LogP contribution in [-0.4, -0.2) is 25.4 Å². The minimum Gasteiger partial charge on any atom is -0.444 e. The molecule has 0 aliphatic carbocycles. The summed E-state index contributed by atoms with van der Waals surface area (Å²) in [4.78, 5) is 12.8. The number of benzene rings is 2. The molecular formula is C26H35NO4S. The maximum absolute atomic E-state index is 13.2. The molecule has 0 bridgehead atoms. The predicted molar refractivity (Wildman–Crippen MR) is 129 cm³/mol. The lowest BCUT2D eigenvalue weighted by molar-refractivity contribution is 0.121. The lowest BCUT2D eigenvalue weighted by Gasteiger charge is -2.21. The number of carbonyl (C=O) groups is 1. The van der Waals surface area contributed by atoms with E-state index in [0.717, 1.165) is 34.7 Å². The van der Waals surface area contributed by atoms with Gasteiger partial charge in [-0.3, -0.25) is 0 Å². The van der Waals surface area contributed by atoms with E-state index in [1.165, 1.54) is 37.8 Å². The largest absolute Gasteiger partial charge is 0.444 e. The molecule has 0 aromatic heterocycles. The van der Waals surface area contributed by atoms with E-state index < -0.39 is 16.1 Å². The number of aryl methyl sites for hydroxylation is 1. The van der Waals surface area contributed by atoms with Crippen LogP contribution in [0.25, 0.3) is 0 Å². The van der Waals surface area contributed by atoms with Crippen LogP contribution in [0.2, 0.25) is 0 Å². The van der Waals surface area contributed by atoms with Gasteiger partial charge in [-0.1, -0.05) is 99.2 Å². The number of hydrogen-bond donors (Lipinski definition) is 0. The van der Waals surface area contributed by atoms with E-state index in [2.05, 4.69) is 6.92 Å². The molecule has 0 heterocycles. The molecule has 0 saturated carbocycles. The molecule has 0 radical (unpaired) electrons. The molecule has 1 amide bonds. The fourth-order valence-electron chi connectivity index (χ4n) is 3.23. The highest BCUT2D eigenvalue weighted by molar-refractivity contribution is 7.89. The topological polar surface area (TPSA) is 63.7 Å². The lowest BCUT2D eigenvalue weighted by Crippen LogP contribution is -2.37. The molecule has 0 unspecified atom stereocenters. The third kappa shape index (κ3) is 8.50. The molecule has 0 fully saturated rings. The average Bonchev–Trinajstić information content (AvgIpc) is 2.79. The molecule has 0 saturated heterocycles. The van der Waals surface area contributed by atoms with Gasteiger partial charge in [0.15, 0.2) is 0 Å². The normalized spacial score (nSPS) is 11.6. The number of unbranched alkanes of at least 4 members (excludes halogenated alkanes) is 6. The van der Waals surface area contributed by atoms with Gasteiger partial charge < -0.3 is 4.74 Å². The Morgan fingerprint density at radius 3 is 2.25 bits per heavy atom. The van der Waals surface area contributed by atoms with Crippen LogP contribution >= 0.6 is 0 Å². The first-order valence-electron chi connectivity index (χ1n) is 11.4. The number of hydrogen-bond acceptors (Lipinski definition) is 4. The molecule has 0 N–H and O–H groups in total. The Kier molecular flexibility index (Phi) is 11.0. The molecule has 5 nitrogen and oxygen atoms in total. The van der Waals surface area contributed by atoms with E-state index >= 15 is 0 Å².